The van der Waals surface area contributed by atoms with Crippen LogP contribution in [-0.4, -0.2) is 55.5 Å². The summed E-state index contributed by atoms with van der Waals surface area (Å²) in [5.41, 5.74) is 0. The van der Waals surface area contributed by atoms with E-state index >= 15 is 0 Å². The number of aliphatic hydroxyl groups excluding tert-OH is 1. The molecule has 0 aromatic heterocycles. The van der Waals surface area contributed by atoms with Crippen LogP contribution in [0.1, 0.15) is 13.3 Å². The molecule has 2 amide bonds. The van der Waals surface area contributed by atoms with Crippen molar-refractivity contribution in [2.75, 3.05) is 18.1 Å². The Hall–Kier alpha value is -1.15. The Kier molecular flexibility index (Phi) is 4.47. The number of carbonyl (C=O) groups is 2. The van der Waals surface area contributed by atoms with Gasteiger partial charge in [-0.1, -0.05) is 0 Å². The molecule has 0 radical (unpaired) electrons. The minimum absolute atomic E-state index is 0.0186. The molecule has 1 aliphatic heterocycles. The van der Waals surface area contributed by atoms with Gasteiger partial charge in [0.05, 0.1) is 17.6 Å². The van der Waals surface area contributed by atoms with Crippen molar-refractivity contribution < 1.29 is 23.1 Å². The number of sulfone groups is 1. The normalized spacial score (nSPS) is 24.0. The molecule has 17 heavy (non-hydrogen) atoms. The van der Waals surface area contributed by atoms with E-state index in [0.29, 0.717) is 6.42 Å². The number of rotatable bonds is 3. The minimum Gasteiger partial charge on any atom is -0.392 e. The highest BCUT2D eigenvalue weighted by Gasteiger charge is 2.30. The number of hydrogen-bond acceptors (Lipinski definition) is 5. The van der Waals surface area contributed by atoms with E-state index in [9.17, 15) is 18.0 Å². The highest BCUT2D eigenvalue weighted by Crippen LogP contribution is 2.10. The van der Waals surface area contributed by atoms with Gasteiger partial charge in [0.25, 0.3) is 0 Å². The summed E-state index contributed by atoms with van der Waals surface area (Å²) in [4.78, 5) is 22.5. The first kappa shape index (κ1) is 13.9. The highest BCUT2D eigenvalue weighted by atomic mass is 32.2. The van der Waals surface area contributed by atoms with Gasteiger partial charge in [-0.25, -0.2) is 8.42 Å². The lowest BCUT2D eigenvalue weighted by Gasteiger charge is -2.11. The number of aliphatic hydroxyl groups is 1. The standard InChI is InChI=1S/C9H16N2O5S/c1-6(12)4-10-8(13)9(14)11-7-2-3-17(15,16)5-7/h6-7,12H,2-5H2,1H3,(H,10,13)(H,11,14). The quantitative estimate of drug-likeness (QED) is 0.500. The largest absolute Gasteiger partial charge is 0.392 e. The molecule has 1 rings (SSSR count). The van der Waals surface area contributed by atoms with Crippen LogP contribution in [0.15, 0.2) is 0 Å². The van der Waals surface area contributed by atoms with Gasteiger partial charge in [0, 0.05) is 12.6 Å². The van der Waals surface area contributed by atoms with E-state index in [0.717, 1.165) is 0 Å². The van der Waals surface area contributed by atoms with Gasteiger partial charge in [0.1, 0.15) is 0 Å². The third kappa shape index (κ3) is 4.70. The lowest BCUT2D eigenvalue weighted by atomic mass is 10.2. The maximum absolute atomic E-state index is 11.3. The third-order valence-electron chi connectivity index (χ3n) is 2.33. The summed E-state index contributed by atoms with van der Waals surface area (Å²) in [6.45, 7) is 1.46. The van der Waals surface area contributed by atoms with Crippen LogP contribution in [-0.2, 0) is 19.4 Å². The Morgan fingerprint density at radius 1 is 1.41 bits per heavy atom. The van der Waals surface area contributed by atoms with Crippen LogP contribution in [0.2, 0.25) is 0 Å². The first-order chi connectivity index (χ1) is 7.80. The van der Waals surface area contributed by atoms with Gasteiger partial charge in [0.15, 0.2) is 9.84 Å². The molecular weight excluding hydrogens is 248 g/mol. The molecule has 0 aliphatic carbocycles. The highest BCUT2D eigenvalue weighted by molar-refractivity contribution is 7.91. The van der Waals surface area contributed by atoms with E-state index < -0.39 is 33.8 Å². The van der Waals surface area contributed by atoms with Crippen molar-refractivity contribution in [1.82, 2.24) is 10.6 Å². The van der Waals surface area contributed by atoms with Gasteiger partial charge in [-0.2, -0.15) is 0 Å². The van der Waals surface area contributed by atoms with E-state index in [-0.39, 0.29) is 18.1 Å². The second-order valence-electron chi connectivity index (χ2n) is 4.13. The molecule has 2 atom stereocenters. The second kappa shape index (κ2) is 5.46. The average Bonchev–Trinajstić information content (AvgIpc) is 2.54. The summed E-state index contributed by atoms with van der Waals surface area (Å²) in [5.74, 6) is -1.82. The SMILES string of the molecule is CC(O)CNC(=O)C(=O)NC1CCS(=O)(=O)C1. The molecule has 1 aliphatic rings. The van der Waals surface area contributed by atoms with Crippen molar-refractivity contribution in [2.45, 2.75) is 25.5 Å². The van der Waals surface area contributed by atoms with Crippen molar-refractivity contribution >= 4 is 21.7 Å². The molecule has 98 valence electrons. The Morgan fingerprint density at radius 2 is 2.06 bits per heavy atom. The molecule has 0 aromatic carbocycles. The predicted molar refractivity (Wildman–Crippen MR) is 59.9 cm³/mol. The van der Waals surface area contributed by atoms with Gasteiger partial charge in [-0.15, -0.1) is 0 Å². The van der Waals surface area contributed by atoms with Gasteiger partial charge >= 0.3 is 11.8 Å². The zero-order valence-corrected chi connectivity index (χ0v) is 10.3. The maximum Gasteiger partial charge on any atom is 0.309 e. The molecule has 0 bridgehead atoms. The summed E-state index contributed by atoms with van der Waals surface area (Å²) < 4.78 is 22.2. The fourth-order valence-corrected chi connectivity index (χ4v) is 3.15. The Morgan fingerprint density at radius 3 is 2.53 bits per heavy atom. The molecule has 0 saturated carbocycles. The van der Waals surface area contributed by atoms with E-state index in [1.807, 2.05) is 0 Å². The van der Waals surface area contributed by atoms with Gasteiger partial charge in [-0.05, 0) is 13.3 Å². The van der Waals surface area contributed by atoms with Gasteiger partial charge < -0.3 is 15.7 Å². The van der Waals surface area contributed by atoms with Crippen LogP contribution >= 0.6 is 0 Å². The molecule has 1 fully saturated rings. The lowest BCUT2D eigenvalue weighted by molar-refractivity contribution is -0.139. The molecule has 1 heterocycles. The second-order valence-corrected chi connectivity index (χ2v) is 6.36. The molecule has 1 saturated heterocycles. The number of amides is 2. The van der Waals surface area contributed by atoms with E-state index in [1.165, 1.54) is 6.92 Å². The van der Waals surface area contributed by atoms with Gasteiger partial charge in [-0.3, -0.25) is 9.59 Å². The zero-order valence-electron chi connectivity index (χ0n) is 9.47. The molecule has 0 aromatic rings. The molecular formula is C9H16N2O5S. The van der Waals surface area contributed by atoms with Crippen LogP contribution < -0.4 is 10.6 Å². The van der Waals surface area contributed by atoms with Crippen molar-refractivity contribution in [3.63, 3.8) is 0 Å². The number of nitrogens with one attached hydrogen (secondary N) is 2. The monoisotopic (exact) mass is 264 g/mol. The summed E-state index contributed by atoms with van der Waals surface area (Å²) in [6, 6.07) is -0.496. The maximum atomic E-state index is 11.3. The van der Waals surface area contributed by atoms with Crippen molar-refractivity contribution in [3.8, 4) is 0 Å². The molecule has 3 N–H and O–H groups in total. The molecule has 7 nitrogen and oxygen atoms in total. The smallest absolute Gasteiger partial charge is 0.309 e. The predicted octanol–water partition coefficient (Wildman–Crippen LogP) is -2.21. The number of carbonyl (C=O) groups excluding carboxylic acids is 2. The van der Waals surface area contributed by atoms with E-state index in [4.69, 9.17) is 5.11 Å². The van der Waals surface area contributed by atoms with Crippen LogP contribution in [0.5, 0.6) is 0 Å². The Balaban J connectivity index is 2.37. The topological polar surface area (TPSA) is 113 Å². The van der Waals surface area contributed by atoms with Crippen LogP contribution in [0.4, 0.5) is 0 Å². The fraction of sp³-hybridized carbons (Fsp3) is 0.778. The van der Waals surface area contributed by atoms with Crippen LogP contribution in [0, 0.1) is 0 Å². The van der Waals surface area contributed by atoms with Crippen molar-refractivity contribution in [2.24, 2.45) is 0 Å². The number of hydrogen-bond donors (Lipinski definition) is 3. The van der Waals surface area contributed by atoms with Crippen LogP contribution in [0.25, 0.3) is 0 Å². The molecule has 2 unspecified atom stereocenters. The average molecular weight is 264 g/mol. The summed E-state index contributed by atoms with van der Waals surface area (Å²) in [5, 5.41) is 13.5. The van der Waals surface area contributed by atoms with Crippen LogP contribution in [0.3, 0.4) is 0 Å². The van der Waals surface area contributed by atoms with Crippen molar-refractivity contribution in [1.29, 1.82) is 0 Å². The molecule has 0 spiro atoms. The third-order valence-corrected chi connectivity index (χ3v) is 4.10. The van der Waals surface area contributed by atoms with Gasteiger partial charge in [0.2, 0.25) is 0 Å². The summed E-state index contributed by atoms with van der Waals surface area (Å²) >= 11 is 0. The minimum atomic E-state index is -3.08. The Bertz CT molecular complexity index is 404. The van der Waals surface area contributed by atoms with E-state index in [1.54, 1.807) is 0 Å². The lowest BCUT2D eigenvalue weighted by Crippen LogP contribution is -2.46. The Labute approximate surface area is 99.5 Å². The molecule has 8 heteroatoms. The fourth-order valence-electron chi connectivity index (χ4n) is 1.48. The van der Waals surface area contributed by atoms with E-state index in [2.05, 4.69) is 10.6 Å². The van der Waals surface area contributed by atoms with Crippen molar-refractivity contribution in [3.05, 3.63) is 0 Å². The first-order valence-corrected chi connectivity index (χ1v) is 7.09. The first-order valence-electron chi connectivity index (χ1n) is 5.27. The summed E-state index contributed by atoms with van der Waals surface area (Å²) in [7, 11) is -3.08. The zero-order chi connectivity index (χ0) is 13.1. The summed E-state index contributed by atoms with van der Waals surface area (Å²) in [6.07, 6.45) is -0.406.